The summed E-state index contributed by atoms with van der Waals surface area (Å²) in [5.41, 5.74) is 0.199. The van der Waals surface area contributed by atoms with Crippen LogP contribution in [0.4, 0.5) is 0 Å². The Balaban J connectivity index is 1.47. The van der Waals surface area contributed by atoms with E-state index in [0.717, 1.165) is 59.5 Å². The van der Waals surface area contributed by atoms with Crippen molar-refractivity contribution in [2.75, 3.05) is 0 Å². The molecule has 0 amide bonds. The van der Waals surface area contributed by atoms with E-state index in [1.165, 1.54) is 57.8 Å². The molecule has 0 aliphatic heterocycles. The molecular formula is C20H28O. The summed E-state index contributed by atoms with van der Waals surface area (Å²) in [6.45, 7) is 0. The third-order valence-electron chi connectivity index (χ3n) is 9.51. The molecule has 114 valence electrons. The summed E-state index contributed by atoms with van der Waals surface area (Å²) in [6, 6.07) is 0. The van der Waals surface area contributed by atoms with E-state index in [1.54, 1.807) is 0 Å². The summed E-state index contributed by atoms with van der Waals surface area (Å²) >= 11 is 0. The summed E-state index contributed by atoms with van der Waals surface area (Å²) in [5, 5.41) is 0. The van der Waals surface area contributed by atoms with Gasteiger partial charge in [-0.2, -0.15) is 0 Å². The first-order valence-corrected chi connectivity index (χ1v) is 9.82. The van der Waals surface area contributed by atoms with Gasteiger partial charge >= 0.3 is 0 Å². The van der Waals surface area contributed by atoms with Crippen molar-refractivity contribution < 1.29 is 4.79 Å². The molecule has 1 spiro atoms. The van der Waals surface area contributed by atoms with Crippen LogP contribution < -0.4 is 0 Å². The molecule has 1 nitrogen and oxygen atoms in total. The molecule has 9 atom stereocenters. The van der Waals surface area contributed by atoms with Gasteiger partial charge in [-0.15, -0.1) is 0 Å². The van der Waals surface area contributed by atoms with Gasteiger partial charge in [-0.3, -0.25) is 4.79 Å². The molecule has 6 aliphatic rings. The van der Waals surface area contributed by atoms with Crippen LogP contribution in [0.2, 0.25) is 0 Å². The third kappa shape index (κ3) is 1.23. The minimum atomic E-state index is 0.199. The van der Waals surface area contributed by atoms with Crippen LogP contribution in [0.25, 0.3) is 0 Å². The first-order valence-electron chi connectivity index (χ1n) is 9.82. The van der Waals surface area contributed by atoms with Crippen molar-refractivity contribution in [3.05, 3.63) is 0 Å². The maximum Gasteiger partial charge on any atom is 0.139 e. The molecule has 0 aromatic heterocycles. The van der Waals surface area contributed by atoms with Crippen molar-refractivity contribution >= 4 is 5.78 Å². The van der Waals surface area contributed by atoms with Crippen molar-refractivity contribution in [1.29, 1.82) is 0 Å². The number of hydrogen-bond acceptors (Lipinski definition) is 1. The van der Waals surface area contributed by atoms with Crippen LogP contribution in [0.3, 0.4) is 0 Å². The molecule has 0 saturated heterocycles. The number of carbonyl (C=O) groups excluding carboxylic acids is 1. The number of Topliss-reactive ketones (excluding diaryl/α,β-unsaturated/α-hetero) is 1. The lowest BCUT2D eigenvalue weighted by Gasteiger charge is -2.48. The highest BCUT2D eigenvalue weighted by atomic mass is 16.1. The lowest BCUT2D eigenvalue weighted by Crippen LogP contribution is -2.50. The van der Waals surface area contributed by atoms with Gasteiger partial charge in [-0.1, -0.05) is 0 Å². The van der Waals surface area contributed by atoms with Gasteiger partial charge in [-0.05, 0) is 105 Å². The standard InChI is InChI=1S/C20H28O/c21-17-9-13-3-1-11-5-7-15(18(11)13)20(17)10-14-4-2-12-6-8-16(20)19(12)14/h11-16,18-19H,1-10H2/t11-,12-,13-,14-,15-,16-,18-,19+,20+/m0/s1. The van der Waals surface area contributed by atoms with E-state index in [4.69, 9.17) is 0 Å². The largest absolute Gasteiger partial charge is 0.299 e. The third-order valence-corrected chi connectivity index (χ3v) is 9.51. The number of rotatable bonds is 0. The maximum atomic E-state index is 13.4. The van der Waals surface area contributed by atoms with Crippen molar-refractivity contribution in [3.63, 3.8) is 0 Å². The molecule has 0 N–H and O–H groups in total. The van der Waals surface area contributed by atoms with Crippen LogP contribution in [0.5, 0.6) is 0 Å². The normalized spacial score (nSPS) is 63.5. The average molecular weight is 284 g/mol. The summed E-state index contributed by atoms with van der Waals surface area (Å²) in [7, 11) is 0. The second kappa shape index (κ2) is 3.77. The quantitative estimate of drug-likeness (QED) is 0.642. The predicted molar refractivity (Wildman–Crippen MR) is 81.5 cm³/mol. The van der Waals surface area contributed by atoms with Crippen LogP contribution in [0, 0.1) is 52.8 Å². The lowest BCUT2D eigenvalue weighted by atomic mass is 9.54. The molecule has 6 saturated carbocycles. The lowest BCUT2D eigenvalue weighted by molar-refractivity contribution is -0.144. The highest BCUT2D eigenvalue weighted by molar-refractivity contribution is 5.87. The minimum Gasteiger partial charge on any atom is -0.299 e. The van der Waals surface area contributed by atoms with E-state index in [9.17, 15) is 4.79 Å². The smallest absolute Gasteiger partial charge is 0.139 e. The van der Waals surface area contributed by atoms with Gasteiger partial charge in [0.2, 0.25) is 0 Å². The van der Waals surface area contributed by atoms with Crippen LogP contribution in [-0.4, -0.2) is 5.78 Å². The fraction of sp³-hybridized carbons (Fsp3) is 0.950. The molecule has 21 heavy (non-hydrogen) atoms. The maximum absolute atomic E-state index is 13.4. The minimum absolute atomic E-state index is 0.199. The number of carbonyl (C=O) groups is 1. The summed E-state index contributed by atoms with van der Waals surface area (Å²) in [6.07, 6.45) is 13.9. The van der Waals surface area contributed by atoms with Gasteiger partial charge < -0.3 is 0 Å². The average Bonchev–Trinajstić information content (AvgIpc) is 3.22. The van der Waals surface area contributed by atoms with Crippen molar-refractivity contribution in [3.8, 4) is 0 Å². The zero-order chi connectivity index (χ0) is 13.8. The molecule has 0 heterocycles. The Labute approximate surface area is 128 Å². The Hall–Kier alpha value is -0.330. The van der Waals surface area contributed by atoms with Crippen molar-refractivity contribution in [2.45, 2.75) is 64.2 Å². The SMILES string of the molecule is O=C1C[C@@H]2CC[C@H]3CC[C@@H]([C@@H]32)[C@@]12C[C@@H]1CC[C@H]3CC[C@H]2[C@H]31. The van der Waals surface area contributed by atoms with Gasteiger partial charge in [0.1, 0.15) is 5.78 Å². The van der Waals surface area contributed by atoms with E-state index in [1.807, 2.05) is 0 Å². The van der Waals surface area contributed by atoms with E-state index < -0.39 is 0 Å². The zero-order valence-electron chi connectivity index (χ0n) is 13.1. The molecule has 0 radical (unpaired) electrons. The van der Waals surface area contributed by atoms with Crippen LogP contribution in [-0.2, 0) is 4.79 Å². The molecule has 6 rings (SSSR count). The van der Waals surface area contributed by atoms with E-state index in [0.29, 0.717) is 0 Å². The number of hydrogen-bond donors (Lipinski definition) is 0. The first kappa shape index (κ1) is 12.1. The topological polar surface area (TPSA) is 17.1 Å². The van der Waals surface area contributed by atoms with Crippen LogP contribution in [0.15, 0.2) is 0 Å². The summed E-state index contributed by atoms with van der Waals surface area (Å²) < 4.78 is 0. The fourth-order valence-electron chi connectivity index (χ4n) is 9.20. The summed E-state index contributed by atoms with van der Waals surface area (Å²) in [5.74, 6) is 8.15. The van der Waals surface area contributed by atoms with Crippen LogP contribution in [0.1, 0.15) is 64.2 Å². The van der Waals surface area contributed by atoms with Crippen molar-refractivity contribution in [1.82, 2.24) is 0 Å². The van der Waals surface area contributed by atoms with E-state index in [2.05, 4.69) is 0 Å². The Morgan fingerprint density at radius 2 is 1.19 bits per heavy atom. The van der Waals surface area contributed by atoms with Gasteiger partial charge in [0, 0.05) is 11.8 Å². The van der Waals surface area contributed by atoms with Gasteiger partial charge in [0.15, 0.2) is 0 Å². The van der Waals surface area contributed by atoms with Crippen molar-refractivity contribution in [2.24, 2.45) is 52.8 Å². The molecule has 6 aliphatic carbocycles. The monoisotopic (exact) mass is 284 g/mol. The van der Waals surface area contributed by atoms with Crippen LogP contribution >= 0.6 is 0 Å². The van der Waals surface area contributed by atoms with E-state index in [-0.39, 0.29) is 5.41 Å². The molecule has 0 bridgehead atoms. The Bertz CT molecular complexity index is 510. The zero-order valence-corrected chi connectivity index (χ0v) is 13.1. The molecule has 0 unspecified atom stereocenters. The fourth-order valence-corrected chi connectivity index (χ4v) is 9.20. The number of fused-ring (bicyclic) bond motifs is 2. The van der Waals surface area contributed by atoms with Gasteiger partial charge in [0.25, 0.3) is 0 Å². The Morgan fingerprint density at radius 3 is 1.90 bits per heavy atom. The molecule has 0 aromatic carbocycles. The highest BCUT2D eigenvalue weighted by Crippen LogP contribution is 2.73. The Kier molecular flexibility index (Phi) is 2.18. The molecular weight excluding hydrogens is 256 g/mol. The molecule has 0 aromatic rings. The van der Waals surface area contributed by atoms with Gasteiger partial charge in [0.05, 0.1) is 0 Å². The number of ketones is 1. The summed E-state index contributed by atoms with van der Waals surface area (Å²) in [4.78, 5) is 13.4. The molecule has 6 fully saturated rings. The second-order valence-electron chi connectivity index (χ2n) is 9.59. The predicted octanol–water partition coefficient (Wildman–Crippen LogP) is 4.45. The van der Waals surface area contributed by atoms with E-state index >= 15 is 0 Å². The second-order valence-corrected chi connectivity index (χ2v) is 9.59. The molecule has 1 heteroatoms. The Morgan fingerprint density at radius 1 is 0.667 bits per heavy atom. The highest BCUT2D eigenvalue weighted by Gasteiger charge is 2.69. The first-order chi connectivity index (χ1) is 10.3. The van der Waals surface area contributed by atoms with Gasteiger partial charge in [-0.25, -0.2) is 0 Å².